The van der Waals surface area contributed by atoms with Crippen molar-refractivity contribution >= 4 is 11.6 Å². The second kappa shape index (κ2) is 7.92. The average Bonchev–Trinajstić information content (AvgIpc) is 2.60. The maximum absolute atomic E-state index is 13.1. The van der Waals surface area contributed by atoms with Crippen molar-refractivity contribution in [1.29, 1.82) is 0 Å². The molecule has 0 aromatic heterocycles. The predicted molar refractivity (Wildman–Crippen MR) is 99.4 cm³/mol. The molecule has 5 nitrogen and oxygen atoms in total. The summed E-state index contributed by atoms with van der Waals surface area (Å²) in [6, 6.07) is 9.45. The topological polar surface area (TPSA) is 48.0 Å². The minimum atomic E-state index is -0.119. The molecule has 2 aromatic rings. The molecule has 0 radical (unpaired) electrons. The Balaban J connectivity index is 2.50. The molecule has 2 rings (SSSR count). The summed E-state index contributed by atoms with van der Waals surface area (Å²) in [4.78, 5) is 14.8. The van der Waals surface area contributed by atoms with Crippen molar-refractivity contribution in [1.82, 2.24) is 0 Å². The summed E-state index contributed by atoms with van der Waals surface area (Å²) in [6.07, 6.45) is 0. The van der Waals surface area contributed by atoms with Crippen molar-refractivity contribution in [3.05, 3.63) is 47.0 Å². The van der Waals surface area contributed by atoms with Gasteiger partial charge in [-0.05, 0) is 56.2 Å². The van der Waals surface area contributed by atoms with Crippen LogP contribution in [-0.2, 0) is 0 Å². The number of rotatable bonds is 6. The lowest BCUT2D eigenvalue weighted by molar-refractivity contribution is 0.0987. The van der Waals surface area contributed by atoms with Gasteiger partial charge in [-0.2, -0.15) is 0 Å². The second-order valence-corrected chi connectivity index (χ2v) is 5.81. The van der Waals surface area contributed by atoms with Crippen LogP contribution in [-0.4, -0.2) is 33.8 Å². The van der Waals surface area contributed by atoms with E-state index in [-0.39, 0.29) is 5.91 Å². The fraction of sp³-hybridized carbons (Fsp3) is 0.350. The van der Waals surface area contributed by atoms with Gasteiger partial charge in [-0.1, -0.05) is 6.07 Å². The maximum atomic E-state index is 13.1. The smallest absolute Gasteiger partial charge is 0.258 e. The van der Waals surface area contributed by atoms with Crippen molar-refractivity contribution in [3.8, 4) is 17.2 Å². The van der Waals surface area contributed by atoms with Crippen LogP contribution in [0.25, 0.3) is 0 Å². The van der Waals surface area contributed by atoms with Gasteiger partial charge in [0.05, 0.1) is 21.3 Å². The van der Waals surface area contributed by atoms with E-state index in [1.165, 1.54) is 21.3 Å². The predicted octanol–water partition coefficient (Wildman–Crippen LogP) is 4.00. The SMILES string of the molecule is CCN(C(=O)c1cc(OC)c(OC)c(OC)c1)c1cc(C)cc(C)c1. The lowest BCUT2D eigenvalue weighted by Gasteiger charge is -2.23. The lowest BCUT2D eigenvalue weighted by atomic mass is 10.1. The van der Waals surface area contributed by atoms with Gasteiger partial charge in [-0.15, -0.1) is 0 Å². The Labute approximate surface area is 149 Å². The van der Waals surface area contributed by atoms with E-state index in [2.05, 4.69) is 6.07 Å². The fourth-order valence-electron chi connectivity index (χ4n) is 2.91. The monoisotopic (exact) mass is 343 g/mol. The van der Waals surface area contributed by atoms with Gasteiger partial charge in [0, 0.05) is 17.8 Å². The molecule has 0 aliphatic rings. The van der Waals surface area contributed by atoms with E-state index in [0.717, 1.165) is 16.8 Å². The number of hydrogen-bond acceptors (Lipinski definition) is 4. The zero-order valence-electron chi connectivity index (χ0n) is 15.7. The highest BCUT2D eigenvalue weighted by Crippen LogP contribution is 2.38. The van der Waals surface area contributed by atoms with Gasteiger partial charge in [0.15, 0.2) is 11.5 Å². The van der Waals surface area contributed by atoms with E-state index >= 15 is 0 Å². The van der Waals surface area contributed by atoms with Gasteiger partial charge >= 0.3 is 0 Å². The third-order valence-corrected chi connectivity index (χ3v) is 3.99. The molecule has 134 valence electrons. The Morgan fingerprint density at radius 2 is 1.40 bits per heavy atom. The van der Waals surface area contributed by atoms with E-state index in [1.54, 1.807) is 17.0 Å². The molecule has 0 N–H and O–H groups in total. The van der Waals surface area contributed by atoms with Crippen LogP contribution in [0.5, 0.6) is 17.2 Å². The highest BCUT2D eigenvalue weighted by atomic mass is 16.5. The van der Waals surface area contributed by atoms with Crippen LogP contribution >= 0.6 is 0 Å². The quantitative estimate of drug-likeness (QED) is 0.795. The van der Waals surface area contributed by atoms with E-state index < -0.39 is 0 Å². The molecule has 0 aliphatic carbocycles. The van der Waals surface area contributed by atoms with Gasteiger partial charge in [0.25, 0.3) is 5.91 Å². The summed E-state index contributed by atoms with van der Waals surface area (Å²) in [5.41, 5.74) is 3.59. The molecule has 0 bridgehead atoms. The third kappa shape index (κ3) is 3.87. The zero-order valence-corrected chi connectivity index (χ0v) is 15.7. The number of ether oxygens (including phenoxy) is 3. The Morgan fingerprint density at radius 3 is 1.80 bits per heavy atom. The number of hydrogen-bond donors (Lipinski definition) is 0. The fourth-order valence-corrected chi connectivity index (χ4v) is 2.91. The average molecular weight is 343 g/mol. The van der Waals surface area contributed by atoms with Crippen LogP contribution in [0.4, 0.5) is 5.69 Å². The van der Waals surface area contributed by atoms with Gasteiger partial charge in [-0.3, -0.25) is 4.79 Å². The van der Waals surface area contributed by atoms with Gasteiger partial charge in [-0.25, -0.2) is 0 Å². The molecule has 0 spiro atoms. The van der Waals surface area contributed by atoms with Gasteiger partial charge in [0.2, 0.25) is 5.75 Å². The van der Waals surface area contributed by atoms with Crippen LogP contribution in [0, 0.1) is 13.8 Å². The summed E-state index contributed by atoms with van der Waals surface area (Å²) in [7, 11) is 4.61. The van der Waals surface area contributed by atoms with E-state index in [0.29, 0.717) is 29.4 Å². The van der Waals surface area contributed by atoms with Crippen LogP contribution < -0.4 is 19.1 Å². The molecule has 5 heteroatoms. The summed E-state index contributed by atoms with van der Waals surface area (Å²) in [5.74, 6) is 1.27. The number of anilines is 1. The Hall–Kier alpha value is -2.69. The molecule has 0 saturated carbocycles. The highest BCUT2D eigenvalue weighted by molar-refractivity contribution is 6.07. The minimum absolute atomic E-state index is 0.119. The van der Waals surface area contributed by atoms with Crippen LogP contribution in [0.3, 0.4) is 0 Å². The summed E-state index contributed by atoms with van der Waals surface area (Å²) in [5, 5.41) is 0. The van der Waals surface area contributed by atoms with E-state index in [9.17, 15) is 4.79 Å². The summed E-state index contributed by atoms with van der Waals surface area (Å²) < 4.78 is 16.0. The number of amides is 1. The number of methoxy groups -OCH3 is 3. The second-order valence-electron chi connectivity index (χ2n) is 5.81. The highest BCUT2D eigenvalue weighted by Gasteiger charge is 2.21. The Morgan fingerprint density at radius 1 is 0.880 bits per heavy atom. The molecule has 0 atom stereocenters. The molecule has 0 aliphatic heterocycles. The summed E-state index contributed by atoms with van der Waals surface area (Å²) in [6.45, 7) is 6.55. The van der Waals surface area contributed by atoms with Crippen molar-refractivity contribution in [3.63, 3.8) is 0 Å². The van der Waals surface area contributed by atoms with Gasteiger partial charge < -0.3 is 19.1 Å². The normalized spacial score (nSPS) is 10.3. The molecule has 2 aromatic carbocycles. The molecule has 0 saturated heterocycles. The molecular weight excluding hydrogens is 318 g/mol. The Kier molecular flexibility index (Phi) is 5.91. The zero-order chi connectivity index (χ0) is 18.6. The Bertz CT molecular complexity index is 725. The first kappa shape index (κ1) is 18.6. The van der Waals surface area contributed by atoms with Crippen molar-refractivity contribution in [2.75, 3.05) is 32.8 Å². The van der Waals surface area contributed by atoms with Crippen molar-refractivity contribution in [2.45, 2.75) is 20.8 Å². The van der Waals surface area contributed by atoms with Crippen LogP contribution in [0.1, 0.15) is 28.4 Å². The number of benzene rings is 2. The number of carbonyl (C=O) groups is 1. The van der Waals surface area contributed by atoms with E-state index in [4.69, 9.17) is 14.2 Å². The third-order valence-electron chi connectivity index (χ3n) is 3.99. The lowest BCUT2D eigenvalue weighted by Crippen LogP contribution is -2.30. The van der Waals surface area contributed by atoms with Gasteiger partial charge in [0.1, 0.15) is 0 Å². The van der Waals surface area contributed by atoms with E-state index in [1.807, 2.05) is 32.9 Å². The molecule has 0 heterocycles. The number of aryl methyl sites for hydroxylation is 2. The number of nitrogens with zero attached hydrogens (tertiary/aromatic N) is 1. The molecule has 25 heavy (non-hydrogen) atoms. The van der Waals surface area contributed by atoms with Crippen LogP contribution in [0.15, 0.2) is 30.3 Å². The molecule has 0 unspecified atom stereocenters. The first-order valence-corrected chi connectivity index (χ1v) is 8.15. The standard InChI is InChI=1S/C20H25NO4/c1-7-21(16-9-13(2)8-14(3)10-16)20(22)15-11-17(23-4)19(25-6)18(12-15)24-5/h8-12H,7H2,1-6H3. The minimum Gasteiger partial charge on any atom is -0.493 e. The molecule has 1 amide bonds. The first-order valence-electron chi connectivity index (χ1n) is 8.15. The van der Waals surface area contributed by atoms with Crippen molar-refractivity contribution in [2.24, 2.45) is 0 Å². The molecular formula is C20H25NO4. The number of carbonyl (C=O) groups excluding carboxylic acids is 1. The van der Waals surface area contributed by atoms with Crippen LogP contribution in [0.2, 0.25) is 0 Å². The first-order chi connectivity index (χ1) is 11.9. The maximum Gasteiger partial charge on any atom is 0.258 e. The molecule has 0 fully saturated rings. The largest absolute Gasteiger partial charge is 0.493 e. The summed E-state index contributed by atoms with van der Waals surface area (Å²) >= 11 is 0. The van der Waals surface area contributed by atoms with Crippen molar-refractivity contribution < 1.29 is 19.0 Å².